The second-order valence-electron chi connectivity index (χ2n) is 6.46. The number of benzene rings is 1. The van der Waals surface area contributed by atoms with Gasteiger partial charge in [-0.25, -0.2) is 0 Å². The minimum atomic E-state index is 0.0590. The number of guanidine groups is 1. The molecule has 0 atom stereocenters. The minimum Gasteiger partial charge on any atom is -0.496 e. The van der Waals surface area contributed by atoms with Crippen molar-refractivity contribution in [2.75, 3.05) is 40.0 Å². The van der Waals surface area contributed by atoms with Gasteiger partial charge in [0, 0.05) is 24.1 Å². The Kier molecular flexibility index (Phi) is 5.06. The molecule has 1 saturated heterocycles. The van der Waals surface area contributed by atoms with E-state index in [4.69, 9.17) is 20.2 Å². The molecule has 0 radical (unpaired) electrons. The number of morpholine rings is 1. The SMILES string of the molecule is COc1ccccc1C1(CN=C(N)N2CCOCC2)CCCC1. The smallest absolute Gasteiger partial charge is 0.191 e. The monoisotopic (exact) mass is 317 g/mol. The highest BCUT2D eigenvalue weighted by Crippen LogP contribution is 2.44. The summed E-state index contributed by atoms with van der Waals surface area (Å²) in [7, 11) is 1.74. The first-order valence-electron chi connectivity index (χ1n) is 8.51. The molecule has 1 aromatic carbocycles. The minimum absolute atomic E-state index is 0.0590. The van der Waals surface area contributed by atoms with Crippen molar-refractivity contribution in [1.29, 1.82) is 0 Å². The van der Waals surface area contributed by atoms with Gasteiger partial charge in [-0.3, -0.25) is 4.99 Å². The van der Waals surface area contributed by atoms with E-state index < -0.39 is 0 Å². The Morgan fingerprint density at radius 3 is 2.65 bits per heavy atom. The zero-order valence-corrected chi connectivity index (χ0v) is 14.0. The van der Waals surface area contributed by atoms with Crippen molar-refractivity contribution in [2.45, 2.75) is 31.1 Å². The summed E-state index contributed by atoms with van der Waals surface area (Å²) in [6.45, 7) is 3.85. The van der Waals surface area contributed by atoms with Crippen LogP contribution in [0, 0.1) is 0 Å². The van der Waals surface area contributed by atoms with Crippen molar-refractivity contribution in [3.8, 4) is 5.75 Å². The molecule has 1 heterocycles. The number of nitrogens with zero attached hydrogens (tertiary/aromatic N) is 2. The third kappa shape index (κ3) is 3.44. The Morgan fingerprint density at radius 2 is 1.96 bits per heavy atom. The molecule has 0 bridgehead atoms. The molecule has 1 saturated carbocycles. The van der Waals surface area contributed by atoms with Crippen LogP contribution in [0.2, 0.25) is 0 Å². The number of ether oxygens (including phenoxy) is 2. The van der Waals surface area contributed by atoms with Gasteiger partial charge in [0.05, 0.1) is 26.9 Å². The maximum atomic E-state index is 6.22. The van der Waals surface area contributed by atoms with Gasteiger partial charge in [-0.05, 0) is 18.9 Å². The largest absolute Gasteiger partial charge is 0.496 e. The average Bonchev–Trinajstić information content (AvgIpc) is 3.10. The number of hydrogen-bond acceptors (Lipinski definition) is 3. The molecule has 5 heteroatoms. The van der Waals surface area contributed by atoms with Gasteiger partial charge in [0.2, 0.25) is 0 Å². The number of hydrogen-bond donors (Lipinski definition) is 1. The Labute approximate surface area is 138 Å². The standard InChI is InChI=1S/C18H27N3O2/c1-22-16-7-3-2-6-15(16)18(8-4-5-9-18)14-20-17(19)21-10-12-23-13-11-21/h2-3,6-7H,4-5,8-14H2,1H3,(H2,19,20). The highest BCUT2D eigenvalue weighted by atomic mass is 16.5. The van der Waals surface area contributed by atoms with Crippen molar-refractivity contribution in [2.24, 2.45) is 10.7 Å². The number of methoxy groups -OCH3 is 1. The van der Waals surface area contributed by atoms with Crippen LogP contribution in [0.25, 0.3) is 0 Å². The Bertz CT molecular complexity index is 547. The Hall–Kier alpha value is -1.75. The Morgan fingerprint density at radius 1 is 1.26 bits per heavy atom. The van der Waals surface area contributed by atoms with Crippen LogP contribution in [0.4, 0.5) is 0 Å². The quantitative estimate of drug-likeness (QED) is 0.683. The van der Waals surface area contributed by atoms with Crippen LogP contribution < -0.4 is 10.5 Å². The number of rotatable bonds is 4. The van der Waals surface area contributed by atoms with Crippen LogP contribution in [-0.2, 0) is 10.2 Å². The van der Waals surface area contributed by atoms with Crippen LogP contribution >= 0.6 is 0 Å². The molecule has 1 aliphatic carbocycles. The van der Waals surface area contributed by atoms with E-state index in [2.05, 4.69) is 17.0 Å². The molecule has 3 rings (SSSR count). The normalized spacial score (nSPS) is 21.4. The maximum Gasteiger partial charge on any atom is 0.191 e. The summed E-state index contributed by atoms with van der Waals surface area (Å²) in [6, 6.07) is 8.35. The summed E-state index contributed by atoms with van der Waals surface area (Å²) < 4.78 is 11.0. The lowest BCUT2D eigenvalue weighted by molar-refractivity contribution is 0.0673. The maximum absolute atomic E-state index is 6.22. The van der Waals surface area contributed by atoms with E-state index in [0.29, 0.717) is 5.96 Å². The highest BCUT2D eigenvalue weighted by molar-refractivity contribution is 5.78. The summed E-state index contributed by atoms with van der Waals surface area (Å²) in [4.78, 5) is 6.88. The molecular weight excluding hydrogens is 290 g/mol. The summed E-state index contributed by atoms with van der Waals surface area (Å²) >= 11 is 0. The molecular formula is C18H27N3O2. The van der Waals surface area contributed by atoms with Crippen LogP contribution in [0.1, 0.15) is 31.2 Å². The fourth-order valence-corrected chi connectivity index (χ4v) is 3.77. The second kappa shape index (κ2) is 7.21. The number of nitrogens with two attached hydrogens (primary N) is 1. The van der Waals surface area contributed by atoms with E-state index in [1.54, 1.807) is 7.11 Å². The third-order valence-electron chi connectivity index (χ3n) is 5.12. The van der Waals surface area contributed by atoms with Gasteiger partial charge in [-0.15, -0.1) is 0 Å². The van der Waals surface area contributed by atoms with Crippen LogP contribution in [0.15, 0.2) is 29.3 Å². The van der Waals surface area contributed by atoms with Gasteiger partial charge in [0.15, 0.2) is 5.96 Å². The van der Waals surface area contributed by atoms with Gasteiger partial charge in [0.1, 0.15) is 5.75 Å². The first-order valence-corrected chi connectivity index (χ1v) is 8.51. The molecule has 0 amide bonds. The van der Waals surface area contributed by atoms with Crippen molar-refractivity contribution < 1.29 is 9.47 Å². The average molecular weight is 317 g/mol. The second-order valence-corrected chi connectivity index (χ2v) is 6.46. The molecule has 5 nitrogen and oxygen atoms in total. The Balaban J connectivity index is 1.81. The van der Waals surface area contributed by atoms with E-state index in [0.717, 1.165) is 51.4 Å². The molecule has 1 aromatic rings. The van der Waals surface area contributed by atoms with Gasteiger partial charge >= 0.3 is 0 Å². The zero-order valence-electron chi connectivity index (χ0n) is 14.0. The highest BCUT2D eigenvalue weighted by Gasteiger charge is 2.37. The molecule has 0 spiro atoms. The molecule has 0 unspecified atom stereocenters. The fourth-order valence-electron chi connectivity index (χ4n) is 3.77. The molecule has 2 N–H and O–H groups in total. The lowest BCUT2D eigenvalue weighted by Crippen LogP contribution is -2.45. The van der Waals surface area contributed by atoms with Gasteiger partial charge in [-0.1, -0.05) is 31.0 Å². The van der Waals surface area contributed by atoms with Gasteiger partial charge in [-0.2, -0.15) is 0 Å². The van der Waals surface area contributed by atoms with E-state index >= 15 is 0 Å². The summed E-state index contributed by atoms with van der Waals surface area (Å²) in [5.74, 6) is 1.61. The van der Waals surface area contributed by atoms with Crippen molar-refractivity contribution in [1.82, 2.24) is 4.90 Å². The molecule has 1 aliphatic heterocycles. The van der Waals surface area contributed by atoms with Gasteiger partial charge in [0.25, 0.3) is 0 Å². The van der Waals surface area contributed by atoms with E-state index in [1.165, 1.54) is 18.4 Å². The molecule has 0 aromatic heterocycles. The number of aliphatic imine (C=N–C) groups is 1. The van der Waals surface area contributed by atoms with Crippen molar-refractivity contribution in [3.63, 3.8) is 0 Å². The molecule has 23 heavy (non-hydrogen) atoms. The predicted octanol–water partition coefficient (Wildman–Crippen LogP) is 2.15. The van der Waals surface area contributed by atoms with Crippen molar-refractivity contribution >= 4 is 5.96 Å². The van der Waals surface area contributed by atoms with E-state index in [-0.39, 0.29) is 5.41 Å². The molecule has 2 aliphatic rings. The van der Waals surface area contributed by atoms with E-state index in [9.17, 15) is 0 Å². The topological polar surface area (TPSA) is 60.1 Å². The fraction of sp³-hybridized carbons (Fsp3) is 0.611. The van der Waals surface area contributed by atoms with Crippen LogP contribution in [0.3, 0.4) is 0 Å². The first kappa shape index (κ1) is 16.1. The first-order chi connectivity index (χ1) is 11.2. The lowest BCUT2D eigenvalue weighted by Gasteiger charge is -2.31. The zero-order chi connectivity index (χ0) is 16.1. The molecule has 2 fully saturated rings. The summed E-state index contributed by atoms with van der Waals surface area (Å²) in [5.41, 5.74) is 7.56. The predicted molar refractivity (Wildman–Crippen MR) is 92.0 cm³/mol. The summed E-state index contributed by atoms with van der Waals surface area (Å²) in [6.07, 6.45) is 4.77. The lowest BCUT2D eigenvalue weighted by atomic mass is 9.78. The summed E-state index contributed by atoms with van der Waals surface area (Å²) in [5, 5.41) is 0. The van der Waals surface area contributed by atoms with E-state index in [1.807, 2.05) is 12.1 Å². The van der Waals surface area contributed by atoms with Crippen LogP contribution in [-0.4, -0.2) is 50.8 Å². The number of para-hydroxylation sites is 1. The molecule has 126 valence electrons. The van der Waals surface area contributed by atoms with Crippen LogP contribution in [0.5, 0.6) is 5.75 Å². The van der Waals surface area contributed by atoms with Gasteiger partial charge < -0.3 is 20.1 Å². The third-order valence-corrected chi connectivity index (χ3v) is 5.12. The van der Waals surface area contributed by atoms with Crippen molar-refractivity contribution in [3.05, 3.63) is 29.8 Å².